The van der Waals surface area contributed by atoms with Crippen molar-refractivity contribution in [1.82, 2.24) is 5.32 Å². The minimum absolute atomic E-state index is 0.106. The van der Waals surface area contributed by atoms with Crippen LogP contribution >= 0.6 is 0 Å². The van der Waals surface area contributed by atoms with Gasteiger partial charge in [-0.15, -0.1) is 0 Å². The van der Waals surface area contributed by atoms with Gasteiger partial charge in [0.2, 0.25) is 5.91 Å². The number of rotatable bonds is 6. The SMILES string of the molecule is CC(C)(C)OC(=O)Nc1cccc(OCCNC(=O)C2CC2)c1. The number of amides is 2. The quantitative estimate of drug-likeness (QED) is 0.790. The van der Waals surface area contributed by atoms with Crippen LogP contribution in [0.5, 0.6) is 5.75 Å². The number of ether oxygens (including phenoxy) is 2. The molecular weight excluding hydrogens is 296 g/mol. The Morgan fingerprint density at radius 1 is 1.26 bits per heavy atom. The Morgan fingerprint density at radius 2 is 2.00 bits per heavy atom. The molecule has 1 fully saturated rings. The molecule has 0 heterocycles. The van der Waals surface area contributed by atoms with Crippen molar-refractivity contribution in [1.29, 1.82) is 0 Å². The largest absolute Gasteiger partial charge is 0.492 e. The molecule has 1 aliphatic carbocycles. The Hall–Kier alpha value is -2.24. The van der Waals surface area contributed by atoms with E-state index in [4.69, 9.17) is 9.47 Å². The third kappa shape index (κ3) is 6.59. The van der Waals surface area contributed by atoms with Gasteiger partial charge in [0.05, 0.1) is 6.54 Å². The first-order valence-electron chi connectivity index (χ1n) is 7.84. The summed E-state index contributed by atoms with van der Waals surface area (Å²) in [5, 5.41) is 5.49. The topological polar surface area (TPSA) is 76.7 Å². The summed E-state index contributed by atoms with van der Waals surface area (Å²) in [4.78, 5) is 23.2. The molecule has 0 radical (unpaired) electrons. The van der Waals surface area contributed by atoms with Crippen molar-refractivity contribution in [3.63, 3.8) is 0 Å². The highest BCUT2D eigenvalue weighted by Gasteiger charge is 2.29. The zero-order valence-corrected chi connectivity index (χ0v) is 13.8. The maximum atomic E-state index is 11.7. The third-order valence-corrected chi connectivity index (χ3v) is 3.10. The first-order valence-corrected chi connectivity index (χ1v) is 7.84. The van der Waals surface area contributed by atoms with Gasteiger partial charge in [-0.25, -0.2) is 4.79 Å². The van der Waals surface area contributed by atoms with E-state index >= 15 is 0 Å². The number of hydrogen-bond acceptors (Lipinski definition) is 4. The highest BCUT2D eigenvalue weighted by Crippen LogP contribution is 2.28. The van der Waals surface area contributed by atoms with Crippen LogP contribution < -0.4 is 15.4 Å². The lowest BCUT2D eigenvalue weighted by molar-refractivity contribution is -0.122. The predicted octanol–water partition coefficient (Wildman–Crippen LogP) is 2.94. The van der Waals surface area contributed by atoms with Crippen molar-refractivity contribution >= 4 is 17.7 Å². The highest BCUT2D eigenvalue weighted by molar-refractivity contribution is 5.85. The smallest absolute Gasteiger partial charge is 0.412 e. The van der Waals surface area contributed by atoms with Gasteiger partial charge in [-0.05, 0) is 45.7 Å². The van der Waals surface area contributed by atoms with Gasteiger partial charge in [-0.1, -0.05) is 6.07 Å². The molecule has 2 amide bonds. The second-order valence-corrected chi connectivity index (χ2v) is 6.57. The van der Waals surface area contributed by atoms with Gasteiger partial charge in [0, 0.05) is 17.7 Å². The summed E-state index contributed by atoms with van der Waals surface area (Å²) in [7, 11) is 0. The molecule has 1 saturated carbocycles. The second kappa shape index (κ2) is 7.35. The Labute approximate surface area is 136 Å². The van der Waals surface area contributed by atoms with Crippen molar-refractivity contribution in [3.8, 4) is 5.75 Å². The van der Waals surface area contributed by atoms with Crippen LogP contribution in [0.3, 0.4) is 0 Å². The van der Waals surface area contributed by atoms with Crippen LogP contribution in [0.4, 0.5) is 10.5 Å². The number of carbonyl (C=O) groups is 2. The van der Waals surface area contributed by atoms with Crippen LogP contribution in [-0.2, 0) is 9.53 Å². The monoisotopic (exact) mass is 320 g/mol. The zero-order chi connectivity index (χ0) is 16.9. The van der Waals surface area contributed by atoms with Gasteiger partial charge in [0.15, 0.2) is 0 Å². The van der Waals surface area contributed by atoms with E-state index in [-0.39, 0.29) is 11.8 Å². The van der Waals surface area contributed by atoms with Crippen molar-refractivity contribution in [2.45, 2.75) is 39.2 Å². The molecule has 0 aliphatic heterocycles. The standard InChI is InChI=1S/C17H24N2O4/c1-17(2,3)23-16(21)19-13-5-4-6-14(11-13)22-10-9-18-15(20)12-7-8-12/h4-6,11-12H,7-10H2,1-3H3,(H,18,20)(H,19,21). The molecule has 6 nitrogen and oxygen atoms in total. The molecule has 6 heteroatoms. The first-order chi connectivity index (χ1) is 10.8. The van der Waals surface area contributed by atoms with E-state index in [0.717, 1.165) is 12.8 Å². The summed E-state index contributed by atoms with van der Waals surface area (Å²) >= 11 is 0. The Morgan fingerprint density at radius 3 is 2.65 bits per heavy atom. The van der Waals surface area contributed by atoms with Crippen molar-refractivity contribution in [2.24, 2.45) is 5.92 Å². The summed E-state index contributed by atoms with van der Waals surface area (Å²) in [6, 6.07) is 7.05. The third-order valence-electron chi connectivity index (χ3n) is 3.10. The van der Waals surface area contributed by atoms with Gasteiger partial charge in [0.25, 0.3) is 0 Å². The van der Waals surface area contributed by atoms with Crippen LogP contribution in [0.2, 0.25) is 0 Å². The number of anilines is 1. The van der Waals surface area contributed by atoms with E-state index in [9.17, 15) is 9.59 Å². The van der Waals surface area contributed by atoms with Gasteiger partial charge in [0.1, 0.15) is 18.0 Å². The van der Waals surface area contributed by atoms with Crippen LogP contribution in [0.25, 0.3) is 0 Å². The number of carbonyl (C=O) groups excluding carboxylic acids is 2. The Balaban J connectivity index is 1.75. The highest BCUT2D eigenvalue weighted by atomic mass is 16.6. The van der Waals surface area contributed by atoms with Crippen LogP contribution in [0, 0.1) is 5.92 Å². The summed E-state index contributed by atoms with van der Waals surface area (Å²) in [6.07, 6.45) is 1.47. The van der Waals surface area contributed by atoms with Gasteiger partial charge < -0.3 is 14.8 Å². The van der Waals surface area contributed by atoms with E-state index in [1.165, 1.54) is 0 Å². The summed E-state index contributed by atoms with van der Waals surface area (Å²) in [5.74, 6) is 0.935. The molecule has 0 saturated heterocycles. The molecule has 2 rings (SSSR count). The summed E-state index contributed by atoms with van der Waals surface area (Å²) in [6.45, 7) is 6.28. The van der Waals surface area contributed by atoms with Crippen LogP contribution in [-0.4, -0.2) is 30.8 Å². The average molecular weight is 320 g/mol. The number of nitrogens with one attached hydrogen (secondary N) is 2. The maximum absolute atomic E-state index is 11.7. The molecule has 0 aromatic heterocycles. The number of hydrogen-bond donors (Lipinski definition) is 2. The molecule has 126 valence electrons. The molecule has 0 spiro atoms. The summed E-state index contributed by atoms with van der Waals surface area (Å²) < 4.78 is 10.8. The fourth-order valence-electron chi connectivity index (χ4n) is 1.92. The normalized spacial score (nSPS) is 14.0. The van der Waals surface area contributed by atoms with Gasteiger partial charge in [-0.3, -0.25) is 10.1 Å². The minimum atomic E-state index is -0.544. The van der Waals surface area contributed by atoms with Crippen molar-refractivity contribution < 1.29 is 19.1 Å². The van der Waals surface area contributed by atoms with Crippen LogP contribution in [0.1, 0.15) is 33.6 Å². The molecule has 1 aromatic rings. The lowest BCUT2D eigenvalue weighted by atomic mass is 10.2. The lowest BCUT2D eigenvalue weighted by Crippen LogP contribution is -2.29. The van der Waals surface area contributed by atoms with Crippen molar-refractivity contribution in [3.05, 3.63) is 24.3 Å². The predicted molar refractivity (Wildman–Crippen MR) is 87.5 cm³/mol. The van der Waals surface area contributed by atoms with Gasteiger partial charge in [-0.2, -0.15) is 0 Å². The molecule has 0 bridgehead atoms. The molecule has 2 N–H and O–H groups in total. The van der Waals surface area contributed by atoms with Crippen molar-refractivity contribution in [2.75, 3.05) is 18.5 Å². The maximum Gasteiger partial charge on any atom is 0.412 e. The molecule has 1 aromatic carbocycles. The summed E-state index contributed by atoms with van der Waals surface area (Å²) in [5.41, 5.74) is 0.0524. The first kappa shape index (κ1) is 17.1. The molecule has 0 atom stereocenters. The van der Waals surface area contributed by atoms with E-state index < -0.39 is 11.7 Å². The Kier molecular flexibility index (Phi) is 5.47. The van der Waals surface area contributed by atoms with E-state index in [1.807, 2.05) is 20.8 Å². The minimum Gasteiger partial charge on any atom is -0.492 e. The van der Waals surface area contributed by atoms with E-state index in [2.05, 4.69) is 10.6 Å². The number of benzene rings is 1. The van der Waals surface area contributed by atoms with Crippen LogP contribution in [0.15, 0.2) is 24.3 Å². The van der Waals surface area contributed by atoms with E-state index in [1.54, 1.807) is 24.3 Å². The molecular formula is C17H24N2O4. The molecule has 0 unspecified atom stereocenters. The van der Waals surface area contributed by atoms with E-state index in [0.29, 0.717) is 24.6 Å². The lowest BCUT2D eigenvalue weighted by Gasteiger charge is -2.19. The fourth-order valence-corrected chi connectivity index (χ4v) is 1.92. The van der Waals surface area contributed by atoms with Gasteiger partial charge >= 0.3 is 6.09 Å². The molecule has 1 aliphatic rings. The zero-order valence-electron chi connectivity index (χ0n) is 13.8. The fraction of sp³-hybridized carbons (Fsp3) is 0.529. The molecule has 23 heavy (non-hydrogen) atoms. The average Bonchev–Trinajstić information content (AvgIpc) is 3.26. The Bertz CT molecular complexity index is 562. The second-order valence-electron chi connectivity index (χ2n) is 6.57.